The molecular formula is C15H16N4O. The van der Waals surface area contributed by atoms with Crippen LogP contribution in [0.15, 0.2) is 30.6 Å². The summed E-state index contributed by atoms with van der Waals surface area (Å²) in [6.07, 6.45) is 3.34. The molecule has 0 spiro atoms. The molecule has 5 nitrogen and oxygen atoms in total. The van der Waals surface area contributed by atoms with Crippen molar-refractivity contribution >= 4 is 11.6 Å². The van der Waals surface area contributed by atoms with Crippen LogP contribution in [0.4, 0.5) is 5.69 Å². The number of hydrogen-bond acceptors (Lipinski definition) is 3. The summed E-state index contributed by atoms with van der Waals surface area (Å²) in [7, 11) is 1.80. The summed E-state index contributed by atoms with van der Waals surface area (Å²) >= 11 is 0. The number of aryl methyl sites for hydroxylation is 1. The lowest BCUT2D eigenvalue weighted by Gasteiger charge is -2.07. The van der Waals surface area contributed by atoms with Crippen LogP contribution in [-0.4, -0.2) is 22.2 Å². The molecule has 102 valence electrons. The van der Waals surface area contributed by atoms with E-state index in [1.807, 2.05) is 19.1 Å². The van der Waals surface area contributed by atoms with Gasteiger partial charge in [0.1, 0.15) is 0 Å². The van der Waals surface area contributed by atoms with E-state index in [1.165, 1.54) is 0 Å². The number of rotatable bonds is 2. The fourth-order valence-corrected chi connectivity index (χ4v) is 1.85. The van der Waals surface area contributed by atoms with E-state index in [2.05, 4.69) is 22.3 Å². The van der Waals surface area contributed by atoms with Crippen LogP contribution in [0.2, 0.25) is 0 Å². The summed E-state index contributed by atoms with van der Waals surface area (Å²) in [4.78, 5) is 12.2. The number of anilines is 1. The van der Waals surface area contributed by atoms with Gasteiger partial charge in [0, 0.05) is 24.4 Å². The van der Waals surface area contributed by atoms with Gasteiger partial charge >= 0.3 is 0 Å². The zero-order valence-corrected chi connectivity index (χ0v) is 11.5. The first-order valence-corrected chi connectivity index (χ1v) is 6.20. The van der Waals surface area contributed by atoms with Crippen LogP contribution in [0, 0.1) is 18.8 Å². The summed E-state index contributed by atoms with van der Waals surface area (Å²) in [6, 6.07) is 5.46. The van der Waals surface area contributed by atoms with Crippen molar-refractivity contribution in [1.82, 2.24) is 9.78 Å². The fourth-order valence-electron chi connectivity index (χ4n) is 1.85. The highest BCUT2D eigenvalue weighted by Gasteiger charge is 2.11. The Balaban J connectivity index is 2.26. The van der Waals surface area contributed by atoms with Crippen LogP contribution < -0.4 is 11.1 Å². The summed E-state index contributed by atoms with van der Waals surface area (Å²) in [6.45, 7) is 2.17. The monoisotopic (exact) mass is 268 g/mol. The Morgan fingerprint density at radius 3 is 2.95 bits per heavy atom. The lowest BCUT2D eigenvalue weighted by atomic mass is 10.0. The van der Waals surface area contributed by atoms with Gasteiger partial charge in [-0.05, 0) is 24.6 Å². The van der Waals surface area contributed by atoms with Crippen molar-refractivity contribution in [2.24, 2.45) is 12.8 Å². The molecule has 1 heterocycles. The third-order valence-corrected chi connectivity index (χ3v) is 2.87. The number of hydrogen-bond donors (Lipinski definition) is 2. The van der Waals surface area contributed by atoms with Crippen LogP contribution in [0.5, 0.6) is 0 Å². The van der Waals surface area contributed by atoms with Gasteiger partial charge < -0.3 is 11.1 Å². The normalized spacial score (nSPS) is 9.75. The molecule has 0 radical (unpaired) electrons. The minimum absolute atomic E-state index is 0.174. The van der Waals surface area contributed by atoms with E-state index < -0.39 is 0 Å². The molecule has 3 N–H and O–H groups in total. The molecule has 2 aromatic rings. The molecule has 0 aliphatic rings. The topological polar surface area (TPSA) is 72.9 Å². The number of aromatic nitrogens is 2. The largest absolute Gasteiger partial charge is 0.320 e. The lowest BCUT2D eigenvalue weighted by Crippen LogP contribution is -2.13. The van der Waals surface area contributed by atoms with E-state index in [1.54, 1.807) is 30.2 Å². The summed E-state index contributed by atoms with van der Waals surface area (Å²) in [5.41, 5.74) is 8.28. The molecule has 0 bridgehead atoms. The van der Waals surface area contributed by atoms with Gasteiger partial charge in [0.2, 0.25) is 0 Å². The van der Waals surface area contributed by atoms with Crippen molar-refractivity contribution in [3.05, 3.63) is 47.3 Å². The Bertz CT molecular complexity index is 691. The molecule has 1 amide bonds. The van der Waals surface area contributed by atoms with Crippen LogP contribution in [0.1, 0.15) is 21.5 Å². The Morgan fingerprint density at radius 1 is 1.50 bits per heavy atom. The number of benzene rings is 1. The van der Waals surface area contributed by atoms with Crippen LogP contribution in [-0.2, 0) is 7.05 Å². The summed E-state index contributed by atoms with van der Waals surface area (Å²) in [5.74, 6) is 5.59. The highest BCUT2D eigenvalue weighted by Crippen LogP contribution is 2.15. The first-order valence-electron chi connectivity index (χ1n) is 6.20. The average molecular weight is 268 g/mol. The van der Waals surface area contributed by atoms with E-state index in [9.17, 15) is 4.79 Å². The van der Waals surface area contributed by atoms with Crippen molar-refractivity contribution in [3.63, 3.8) is 0 Å². The minimum Gasteiger partial charge on any atom is -0.320 e. The molecule has 0 unspecified atom stereocenters. The van der Waals surface area contributed by atoms with Gasteiger partial charge in [-0.2, -0.15) is 5.10 Å². The van der Waals surface area contributed by atoms with E-state index in [4.69, 9.17) is 5.73 Å². The number of amides is 1. The number of carbonyl (C=O) groups is 1. The second kappa shape index (κ2) is 6.04. The van der Waals surface area contributed by atoms with E-state index in [-0.39, 0.29) is 5.91 Å². The van der Waals surface area contributed by atoms with Crippen molar-refractivity contribution in [1.29, 1.82) is 0 Å². The molecule has 0 aliphatic heterocycles. The molecule has 0 saturated heterocycles. The molecular weight excluding hydrogens is 252 g/mol. The second-order valence-electron chi connectivity index (χ2n) is 4.34. The Hall–Kier alpha value is -2.58. The highest BCUT2D eigenvalue weighted by atomic mass is 16.1. The molecule has 0 atom stereocenters. The maximum Gasteiger partial charge on any atom is 0.256 e. The van der Waals surface area contributed by atoms with Gasteiger partial charge in [-0.25, -0.2) is 0 Å². The molecule has 5 heteroatoms. The third-order valence-electron chi connectivity index (χ3n) is 2.87. The molecule has 2 rings (SSSR count). The quantitative estimate of drug-likeness (QED) is 0.806. The SMILES string of the molecule is Cc1c(C#CCN)cccc1C(=O)Nc1cnn(C)c1. The first-order chi connectivity index (χ1) is 9.61. The van der Waals surface area contributed by atoms with Crippen LogP contribution in [0.3, 0.4) is 0 Å². The highest BCUT2D eigenvalue weighted by molar-refractivity contribution is 6.05. The van der Waals surface area contributed by atoms with Crippen molar-refractivity contribution in [2.45, 2.75) is 6.92 Å². The maximum atomic E-state index is 12.2. The maximum absolute atomic E-state index is 12.2. The van der Waals surface area contributed by atoms with Gasteiger partial charge in [0.25, 0.3) is 5.91 Å². The van der Waals surface area contributed by atoms with E-state index in [0.717, 1.165) is 11.1 Å². The average Bonchev–Trinajstić information content (AvgIpc) is 2.83. The van der Waals surface area contributed by atoms with Crippen LogP contribution in [0.25, 0.3) is 0 Å². The number of nitrogens with two attached hydrogens (primary N) is 1. The Morgan fingerprint density at radius 2 is 2.30 bits per heavy atom. The van der Waals surface area contributed by atoms with Gasteiger partial charge in [0.15, 0.2) is 0 Å². The van der Waals surface area contributed by atoms with Gasteiger partial charge in [-0.3, -0.25) is 9.48 Å². The predicted octanol–water partition coefficient (Wildman–Crippen LogP) is 1.29. The predicted molar refractivity (Wildman–Crippen MR) is 78.3 cm³/mol. The fraction of sp³-hybridized carbons (Fsp3) is 0.200. The minimum atomic E-state index is -0.174. The van der Waals surface area contributed by atoms with E-state index >= 15 is 0 Å². The van der Waals surface area contributed by atoms with Crippen molar-refractivity contribution in [2.75, 3.05) is 11.9 Å². The second-order valence-corrected chi connectivity index (χ2v) is 4.34. The smallest absolute Gasteiger partial charge is 0.256 e. The summed E-state index contributed by atoms with van der Waals surface area (Å²) < 4.78 is 1.63. The standard InChI is InChI=1S/C15H16N4O/c1-11-12(6-4-8-16)5-3-7-14(11)15(20)18-13-9-17-19(2)10-13/h3,5,7,9-10H,8,16H2,1-2H3,(H,18,20). The van der Waals surface area contributed by atoms with Gasteiger partial charge in [0.05, 0.1) is 18.4 Å². The first kappa shape index (κ1) is 13.8. The van der Waals surface area contributed by atoms with Crippen LogP contribution >= 0.6 is 0 Å². The third kappa shape index (κ3) is 3.05. The number of nitrogens with one attached hydrogen (secondary N) is 1. The molecule has 0 aliphatic carbocycles. The van der Waals surface area contributed by atoms with Crippen molar-refractivity contribution < 1.29 is 4.79 Å². The number of nitrogens with zero attached hydrogens (tertiary/aromatic N) is 2. The Labute approximate surface area is 117 Å². The zero-order valence-electron chi connectivity index (χ0n) is 11.5. The van der Waals surface area contributed by atoms with E-state index in [0.29, 0.717) is 17.8 Å². The number of carbonyl (C=O) groups excluding carboxylic acids is 1. The molecule has 0 saturated carbocycles. The molecule has 1 aromatic heterocycles. The lowest BCUT2D eigenvalue weighted by molar-refractivity contribution is 0.102. The Kier molecular flexibility index (Phi) is 4.18. The van der Waals surface area contributed by atoms with Gasteiger partial charge in [-0.15, -0.1) is 0 Å². The zero-order chi connectivity index (χ0) is 14.5. The van der Waals surface area contributed by atoms with Crippen molar-refractivity contribution in [3.8, 4) is 11.8 Å². The molecule has 1 aromatic carbocycles. The van der Waals surface area contributed by atoms with Gasteiger partial charge in [-0.1, -0.05) is 17.9 Å². The summed E-state index contributed by atoms with van der Waals surface area (Å²) in [5, 5.41) is 6.82. The molecule has 0 fully saturated rings. The molecule has 20 heavy (non-hydrogen) atoms.